The molecule has 1 atom stereocenters. The molecule has 3 aromatic rings. The van der Waals surface area contributed by atoms with Crippen LogP contribution in [0.4, 0.5) is 0 Å². The molecule has 122 valence electrons. The van der Waals surface area contributed by atoms with E-state index in [1.807, 2.05) is 42.5 Å². The summed E-state index contributed by atoms with van der Waals surface area (Å²) in [5.41, 5.74) is 1.22. The number of fused-ring (bicyclic) bond motifs is 3. The summed E-state index contributed by atoms with van der Waals surface area (Å²) in [4.78, 5) is 0. The van der Waals surface area contributed by atoms with Crippen LogP contribution in [-0.4, -0.2) is 30.5 Å². The van der Waals surface area contributed by atoms with Crippen molar-refractivity contribution in [1.29, 1.82) is 0 Å². The van der Waals surface area contributed by atoms with Gasteiger partial charge in [0.1, 0.15) is 23.9 Å². The third kappa shape index (κ3) is 2.03. The number of methoxy groups -OCH3 is 1. The van der Waals surface area contributed by atoms with Gasteiger partial charge in [0, 0.05) is 5.56 Å². The van der Waals surface area contributed by atoms with E-state index < -0.39 is 5.41 Å². The van der Waals surface area contributed by atoms with Gasteiger partial charge in [-0.25, -0.2) is 0 Å². The lowest BCUT2D eigenvalue weighted by atomic mass is 9.75. The van der Waals surface area contributed by atoms with Crippen molar-refractivity contribution in [3.63, 3.8) is 0 Å². The molecule has 2 N–H and O–H groups in total. The maximum absolute atomic E-state index is 10.3. The van der Waals surface area contributed by atoms with E-state index in [0.29, 0.717) is 6.61 Å². The molecule has 4 heteroatoms. The molecular weight excluding hydrogens is 304 g/mol. The van der Waals surface area contributed by atoms with Gasteiger partial charge < -0.3 is 19.7 Å². The van der Waals surface area contributed by atoms with E-state index in [1.165, 1.54) is 0 Å². The number of phenols is 1. The lowest BCUT2D eigenvalue weighted by Crippen LogP contribution is -2.34. The Morgan fingerprint density at radius 2 is 1.83 bits per heavy atom. The first kappa shape index (κ1) is 14.8. The normalized spacial score (nSPS) is 19.1. The lowest BCUT2D eigenvalue weighted by molar-refractivity contribution is 0.185. The van der Waals surface area contributed by atoms with E-state index >= 15 is 0 Å². The fourth-order valence-corrected chi connectivity index (χ4v) is 3.52. The minimum Gasteiger partial charge on any atom is -0.508 e. The van der Waals surface area contributed by atoms with Crippen molar-refractivity contribution >= 4 is 10.8 Å². The Morgan fingerprint density at radius 3 is 2.54 bits per heavy atom. The quantitative estimate of drug-likeness (QED) is 0.777. The largest absolute Gasteiger partial charge is 0.508 e. The van der Waals surface area contributed by atoms with Crippen molar-refractivity contribution in [2.75, 3.05) is 20.3 Å². The van der Waals surface area contributed by atoms with Gasteiger partial charge >= 0.3 is 0 Å². The molecule has 1 aliphatic heterocycles. The summed E-state index contributed by atoms with van der Waals surface area (Å²) in [5, 5.41) is 22.0. The third-order valence-electron chi connectivity index (χ3n) is 4.83. The van der Waals surface area contributed by atoms with E-state index in [4.69, 9.17) is 9.47 Å². The molecule has 0 aromatic heterocycles. The van der Waals surface area contributed by atoms with Gasteiger partial charge in [-0.2, -0.15) is 0 Å². The van der Waals surface area contributed by atoms with Gasteiger partial charge in [-0.05, 0) is 46.7 Å². The van der Waals surface area contributed by atoms with Crippen LogP contribution in [0.1, 0.15) is 11.1 Å². The molecule has 4 rings (SSSR count). The second kappa shape index (κ2) is 5.42. The molecule has 0 bridgehead atoms. The number of aromatic hydroxyl groups is 1. The fourth-order valence-electron chi connectivity index (χ4n) is 3.52. The number of rotatable bonds is 3. The number of ether oxygens (including phenoxy) is 2. The number of phenolic OH excluding ortho intramolecular Hbond substituents is 1. The molecule has 0 radical (unpaired) electrons. The zero-order valence-electron chi connectivity index (χ0n) is 13.3. The summed E-state index contributed by atoms with van der Waals surface area (Å²) in [6.45, 7) is 0.279. The summed E-state index contributed by atoms with van der Waals surface area (Å²) in [6, 6.07) is 16.8. The number of benzene rings is 3. The van der Waals surface area contributed by atoms with Crippen LogP contribution in [0.2, 0.25) is 0 Å². The Morgan fingerprint density at radius 1 is 1.08 bits per heavy atom. The minimum absolute atomic E-state index is 0.0822. The fraction of sp³-hybridized carbons (Fsp3) is 0.200. The summed E-state index contributed by atoms with van der Waals surface area (Å²) >= 11 is 0. The standard InChI is InChI=1S/C20H18O4/c1-23-16-8-2-13-3-9-18-19(17(13)10-16)20(11-21,12-24-18)14-4-6-15(22)7-5-14/h2-10,21-22H,11-12H2,1H3/t20-/m1/s1. The second-order valence-electron chi connectivity index (χ2n) is 6.10. The van der Waals surface area contributed by atoms with Crippen LogP contribution in [0.5, 0.6) is 17.2 Å². The maximum Gasteiger partial charge on any atom is 0.124 e. The monoisotopic (exact) mass is 322 g/mol. The predicted octanol–water partition coefficient (Wildman–Crippen LogP) is 3.22. The molecule has 0 saturated heterocycles. The molecule has 24 heavy (non-hydrogen) atoms. The first-order valence-electron chi connectivity index (χ1n) is 7.82. The second-order valence-corrected chi connectivity index (χ2v) is 6.10. The van der Waals surface area contributed by atoms with Gasteiger partial charge in [0.25, 0.3) is 0 Å². The topological polar surface area (TPSA) is 58.9 Å². The lowest BCUT2D eigenvalue weighted by Gasteiger charge is -2.27. The van der Waals surface area contributed by atoms with Crippen molar-refractivity contribution < 1.29 is 19.7 Å². The Hall–Kier alpha value is -2.72. The van der Waals surface area contributed by atoms with Crippen molar-refractivity contribution in [3.8, 4) is 17.2 Å². The average Bonchev–Trinajstić information content (AvgIpc) is 3.02. The molecule has 0 aliphatic carbocycles. The Labute approximate surface area is 139 Å². The highest BCUT2D eigenvalue weighted by Crippen LogP contribution is 2.47. The van der Waals surface area contributed by atoms with Crippen LogP contribution in [0.15, 0.2) is 54.6 Å². The molecule has 4 nitrogen and oxygen atoms in total. The molecule has 3 aromatic carbocycles. The van der Waals surface area contributed by atoms with Gasteiger partial charge in [-0.3, -0.25) is 0 Å². The molecule has 0 spiro atoms. The van der Waals surface area contributed by atoms with Crippen LogP contribution in [0.3, 0.4) is 0 Å². The number of hydrogen-bond donors (Lipinski definition) is 2. The van der Waals surface area contributed by atoms with Crippen LogP contribution >= 0.6 is 0 Å². The number of aliphatic hydroxyl groups excluding tert-OH is 1. The third-order valence-corrected chi connectivity index (χ3v) is 4.83. The molecule has 0 amide bonds. The van der Waals surface area contributed by atoms with Crippen molar-refractivity contribution in [3.05, 3.63) is 65.7 Å². The van der Waals surface area contributed by atoms with E-state index in [9.17, 15) is 10.2 Å². The highest BCUT2D eigenvalue weighted by atomic mass is 16.5. The van der Waals surface area contributed by atoms with Gasteiger partial charge in [-0.15, -0.1) is 0 Å². The summed E-state index contributed by atoms with van der Waals surface area (Å²) in [5.74, 6) is 1.74. The Balaban J connectivity index is 2.02. The van der Waals surface area contributed by atoms with Gasteiger partial charge in [0.2, 0.25) is 0 Å². The van der Waals surface area contributed by atoms with Crippen LogP contribution < -0.4 is 9.47 Å². The number of aliphatic hydroxyl groups is 1. The molecule has 1 heterocycles. The predicted molar refractivity (Wildman–Crippen MR) is 92.0 cm³/mol. The van der Waals surface area contributed by atoms with Crippen molar-refractivity contribution in [1.82, 2.24) is 0 Å². The molecule has 0 fully saturated rings. The molecule has 1 aliphatic rings. The van der Waals surface area contributed by atoms with Gasteiger partial charge in [0.15, 0.2) is 0 Å². The average molecular weight is 322 g/mol. The number of hydrogen-bond acceptors (Lipinski definition) is 4. The van der Waals surface area contributed by atoms with Crippen LogP contribution in [0.25, 0.3) is 10.8 Å². The van der Waals surface area contributed by atoms with E-state index in [2.05, 4.69) is 0 Å². The first-order chi connectivity index (χ1) is 11.7. The zero-order chi connectivity index (χ0) is 16.7. The Bertz CT molecular complexity index is 901. The van der Waals surface area contributed by atoms with Gasteiger partial charge in [-0.1, -0.05) is 24.3 Å². The van der Waals surface area contributed by atoms with E-state index in [0.717, 1.165) is 33.4 Å². The first-order valence-corrected chi connectivity index (χ1v) is 7.82. The molecule has 0 saturated carbocycles. The molecular formula is C20H18O4. The smallest absolute Gasteiger partial charge is 0.124 e. The highest BCUT2D eigenvalue weighted by Gasteiger charge is 2.43. The van der Waals surface area contributed by atoms with Crippen molar-refractivity contribution in [2.24, 2.45) is 0 Å². The maximum atomic E-state index is 10.3. The molecule has 0 unspecified atom stereocenters. The highest BCUT2D eigenvalue weighted by molar-refractivity contribution is 5.91. The Kier molecular flexibility index (Phi) is 3.36. The van der Waals surface area contributed by atoms with Crippen LogP contribution in [-0.2, 0) is 5.41 Å². The van der Waals surface area contributed by atoms with Crippen molar-refractivity contribution in [2.45, 2.75) is 5.41 Å². The minimum atomic E-state index is -0.658. The summed E-state index contributed by atoms with van der Waals surface area (Å²) in [6.07, 6.45) is 0. The summed E-state index contributed by atoms with van der Waals surface area (Å²) in [7, 11) is 1.64. The van der Waals surface area contributed by atoms with E-state index in [-0.39, 0.29) is 12.4 Å². The van der Waals surface area contributed by atoms with Crippen LogP contribution in [0, 0.1) is 0 Å². The SMILES string of the molecule is COc1ccc2ccc3c(c2c1)[C@@](CO)(c1ccc(O)cc1)CO3. The van der Waals surface area contributed by atoms with Gasteiger partial charge in [0.05, 0.1) is 19.1 Å². The zero-order valence-corrected chi connectivity index (χ0v) is 13.3. The summed E-state index contributed by atoms with van der Waals surface area (Å²) < 4.78 is 11.3. The van der Waals surface area contributed by atoms with E-state index in [1.54, 1.807) is 19.2 Å².